The summed E-state index contributed by atoms with van der Waals surface area (Å²) in [5.41, 5.74) is 1.19. The second-order valence-corrected chi connectivity index (χ2v) is 6.20. The van der Waals surface area contributed by atoms with E-state index < -0.39 is 0 Å². The minimum atomic E-state index is 0.615. The number of hydrogen-bond acceptors (Lipinski definition) is 1. The molecular weight excluding hydrogens is 252 g/mol. The van der Waals surface area contributed by atoms with Gasteiger partial charge in [-0.1, -0.05) is 24.6 Å². The van der Waals surface area contributed by atoms with Crippen LogP contribution >= 0.6 is 12.2 Å². The molecule has 19 heavy (non-hydrogen) atoms. The highest BCUT2D eigenvalue weighted by Gasteiger charge is 2.39. The van der Waals surface area contributed by atoms with Crippen LogP contribution in [0.15, 0.2) is 30.3 Å². The van der Waals surface area contributed by atoms with E-state index in [-0.39, 0.29) is 0 Å². The highest BCUT2D eigenvalue weighted by molar-refractivity contribution is 7.80. The lowest BCUT2D eigenvalue weighted by Gasteiger charge is -2.30. The molecule has 0 aromatic heterocycles. The Balaban J connectivity index is 1.65. The van der Waals surface area contributed by atoms with Gasteiger partial charge < -0.3 is 10.2 Å². The predicted molar refractivity (Wildman–Crippen MR) is 84.4 cm³/mol. The zero-order valence-electron chi connectivity index (χ0n) is 11.5. The maximum atomic E-state index is 5.62. The van der Waals surface area contributed by atoms with Crippen LogP contribution in [0.1, 0.15) is 32.6 Å². The standard InChI is InChI=1S/C16H22N2S/c1-2-18(14-6-4-3-5-7-14)16(19)17-15-11-12-8-9-13(15)10-12/h3-7,12-13,15H,2,8-11H2,1H3,(H,17,19). The lowest BCUT2D eigenvalue weighted by atomic mass is 9.95. The largest absolute Gasteiger partial charge is 0.359 e. The Hall–Kier alpha value is -1.09. The van der Waals surface area contributed by atoms with Crippen LogP contribution in [0, 0.1) is 11.8 Å². The highest BCUT2D eigenvalue weighted by atomic mass is 32.1. The van der Waals surface area contributed by atoms with E-state index in [2.05, 4.69) is 41.4 Å². The summed E-state index contributed by atoms with van der Waals surface area (Å²) in [6.07, 6.45) is 5.56. The summed E-state index contributed by atoms with van der Waals surface area (Å²) in [5, 5.41) is 4.51. The molecule has 2 bridgehead atoms. The van der Waals surface area contributed by atoms with Crippen molar-refractivity contribution in [3.63, 3.8) is 0 Å². The molecule has 2 fully saturated rings. The van der Waals surface area contributed by atoms with Crippen molar-refractivity contribution in [1.82, 2.24) is 5.32 Å². The number of fused-ring (bicyclic) bond motifs is 2. The first kappa shape index (κ1) is 12.9. The number of hydrogen-bond donors (Lipinski definition) is 1. The number of para-hydroxylation sites is 1. The molecule has 1 N–H and O–H groups in total. The molecule has 1 aromatic rings. The fourth-order valence-corrected chi connectivity index (χ4v) is 4.10. The molecule has 2 nitrogen and oxygen atoms in total. The smallest absolute Gasteiger partial charge is 0.173 e. The number of thiocarbonyl (C=S) groups is 1. The second kappa shape index (κ2) is 5.49. The van der Waals surface area contributed by atoms with Gasteiger partial charge in [0.2, 0.25) is 0 Å². The average molecular weight is 274 g/mol. The molecule has 3 heteroatoms. The van der Waals surface area contributed by atoms with E-state index >= 15 is 0 Å². The van der Waals surface area contributed by atoms with Crippen LogP contribution in [0.25, 0.3) is 0 Å². The van der Waals surface area contributed by atoms with Crippen LogP contribution in [0.4, 0.5) is 5.69 Å². The van der Waals surface area contributed by atoms with E-state index in [1.165, 1.54) is 31.4 Å². The van der Waals surface area contributed by atoms with Crippen molar-refractivity contribution in [2.24, 2.45) is 11.8 Å². The Labute approximate surface area is 121 Å². The van der Waals surface area contributed by atoms with Crippen LogP contribution in [0.2, 0.25) is 0 Å². The molecule has 0 heterocycles. The second-order valence-electron chi connectivity index (χ2n) is 5.81. The first-order chi connectivity index (χ1) is 9.28. The maximum Gasteiger partial charge on any atom is 0.173 e. The minimum Gasteiger partial charge on any atom is -0.359 e. The summed E-state index contributed by atoms with van der Waals surface area (Å²) in [5.74, 6) is 1.81. The SMILES string of the molecule is CCN(C(=S)NC1CC2CCC1C2)c1ccccc1. The van der Waals surface area contributed by atoms with E-state index in [0.717, 1.165) is 23.5 Å². The molecule has 3 atom stereocenters. The third-order valence-electron chi connectivity index (χ3n) is 4.68. The van der Waals surface area contributed by atoms with Gasteiger partial charge in [0.1, 0.15) is 0 Å². The van der Waals surface area contributed by atoms with Crippen molar-refractivity contribution >= 4 is 23.0 Å². The molecule has 2 aliphatic rings. The van der Waals surface area contributed by atoms with Crippen molar-refractivity contribution in [3.05, 3.63) is 30.3 Å². The van der Waals surface area contributed by atoms with Crippen molar-refractivity contribution in [2.45, 2.75) is 38.6 Å². The first-order valence-electron chi connectivity index (χ1n) is 7.41. The summed E-state index contributed by atoms with van der Waals surface area (Å²) in [6, 6.07) is 11.0. The van der Waals surface area contributed by atoms with Crippen molar-refractivity contribution in [1.29, 1.82) is 0 Å². The fraction of sp³-hybridized carbons (Fsp3) is 0.562. The minimum absolute atomic E-state index is 0.615. The van der Waals surface area contributed by atoms with E-state index in [1.807, 2.05) is 6.07 Å². The average Bonchev–Trinajstić information content (AvgIpc) is 3.03. The highest BCUT2D eigenvalue weighted by Crippen LogP contribution is 2.44. The summed E-state index contributed by atoms with van der Waals surface area (Å²) in [6.45, 7) is 3.07. The van der Waals surface area contributed by atoms with E-state index in [9.17, 15) is 0 Å². The van der Waals surface area contributed by atoms with Gasteiger partial charge in [0, 0.05) is 18.3 Å². The molecule has 0 aliphatic heterocycles. The number of anilines is 1. The third-order valence-corrected chi connectivity index (χ3v) is 5.01. The van der Waals surface area contributed by atoms with Crippen LogP contribution in [-0.4, -0.2) is 17.7 Å². The lowest BCUT2D eigenvalue weighted by Crippen LogP contribution is -2.46. The van der Waals surface area contributed by atoms with Crippen LogP contribution < -0.4 is 10.2 Å². The van der Waals surface area contributed by atoms with Gasteiger partial charge in [0.25, 0.3) is 0 Å². The molecule has 102 valence electrons. The number of rotatable bonds is 3. The van der Waals surface area contributed by atoms with Crippen LogP contribution in [-0.2, 0) is 0 Å². The van der Waals surface area contributed by atoms with Gasteiger partial charge >= 0.3 is 0 Å². The molecule has 0 radical (unpaired) electrons. The molecule has 1 aromatic carbocycles. The monoisotopic (exact) mass is 274 g/mol. The van der Waals surface area contributed by atoms with Gasteiger partial charge in [-0.2, -0.15) is 0 Å². The molecule has 0 amide bonds. The summed E-state index contributed by atoms with van der Waals surface area (Å²) in [4.78, 5) is 2.20. The molecule has 3 unspecified atom stereocenters. The quantitative estimate of drug-likeness (QED) is 0.848. The molecule has 0 spiro atoms. The zero-order chi connectivity index (χ0) is 13.2. The van der Waals surface area contributed by atoms with Gasteiger partial charge in [-0.15, -0.1) is 0 Å². The van der Waals surface area contributed by atoms with Crippen LogP contribution in [0.5, 0.6) is 0 Å². The van der Waals surface area contributed by atoms with Crippen molar-refractivity contribution < 1.29 is 0 Å². The Morgan fingerprint density at radius 2 is 2.05 bits per heavy atom. The molecule has 0 saturated heterocycles. The van der Waals surface area contributed by atoms with Gasteiger partial charge in [0.15, 0.2) is 5.11 Å². The molecular formula is C16H22N2S. The van der Waals surface area contributed by atoms with E-state index in [1.54, 1.807) is 0 Å². The third kappa shape index (κ3) is 2.62. The predicted octanol–water partition coefficient (Wildman–Crippen LogP) is 3.58. The topological polar surface area (TPSA) is 15.3 Å². The van der Waals surface area contributed by atoms with E-state index in [4.69, 9.17) is 12.2 Å². The normalized spacial score (nSPS) is 28.4. The van der Waals surface area contributed by atoms with Gasteiger partial charge in [-0.25, -0.2) is 0 Å². The number of benzene rings is 1. The van der Waals surface area contributed by atoms with Gasteiger partial charge in [-0.3, -0.25) is 0 Å². The number of nitrogens with one attached hydrogen (secondary N) is 1. The molecule has 3 rings (SSSR count). The summed E-state index contributed by atoms with van der Waals surface area (Å²) < 4.78 is 0. The summed E-state index contributed by atoms with van der Waals surface area (Å²) >= 11 is 5.62. The molecule has 2 aliphatic carbocycles. The van der Waals surface area contributed by atoms with Crippen LogP contribution in [0.3, 0.4) is 0 Å². The first-order valence-corrected chi connectivity index (χ1v) is 7.82. The van der Waals surface area contributed by atoms with Gasteiger partial charge in [-0.05, 0) is 62.4 Å². The fourth-order valence-electron chi connectivity index (χ4n) is 3.71. The summed E-state index contributed by atoms with van der Waals surface area (Å²) in [7, 11) is 0. The van der Waals surface area contributed by atoms with Gasteiger partial charge in [0.05, 0.1) is 0 Å². The Kier molecular flexibility index (Phi) is 3.74. The number of nitrogens with zero attached hydrogens (tertiary/aromatic N) is 1. The lowest BCUT2D eigenvalue weighted by molar-refractivity contribution is 0.390. The zero-order valence-corrected chi connectivity index (χ0v) is 12.3. The Morgan fingerprint density at radius 3 is 2.63 bits per heavy atom. The van der Waals surface area contributed by atoms with Crippen molar-refractivity contribution in [3.8, 4) is 0 Å². The Bertz CT molecular complexity index is 445. The Morgan fingerprint density at radius 1 is 1.26 bits per heavy atom. The van der Waals surface area contributed by atoms with E-state index in [0.29, 0.717) is 6.04 Å². The molecule has 2 saturated carbocycles. The maximum absolute atomic E-state index is 5.62. The van der Waals surface area contributed by atoms with Crippen molar-refractivity contribution in [2.75, 3.05) is 11.4 Å².